The molecule has 2 rings (SSSR count). The predicted octanol–water partition coefficient (Wildman–Crippen LogP) is 3.35. The van der Waals surface area contributed by atoms with Crippen LogP contribution in [0.3, 0.4) is 0 Å². The van der Waals surface area contributed by atoms with E-state index in [1.54, 1.807) is 11.9 Å². The van der Waals surface area contributed by atoms with E-state index in [0.29, 0.717) is 18.4 Å². The average molecular weight is 290 g/mol. The lowest BCUT2D eigenvalue weighted by molar-refractivity contribution is 0.117. The number of hydrogen-bond acceptors (Lipinski definition) is 2. The normalized spacial score (nSPS) is 15.9. The Morgan fingerprint density at radius 1 is 1.43 bits per heavy atom. The number of urea groups is 1. The minimum atomic E-state index is -0.401. The summed E-state index contributed by atoms with van der Waals surface area (Å²) in [6, 6.07) is 5.90. The van der Waals surface area contributed by atoms with E-state index < -0.39 is 6.10 Å². The quantitative estimate of drug-likeness (QED) is 0.873. The van der Waals surface area contributed by atoms with Gasteiger partial charge in [-0.15, -0.1) is 0 Å². The van der Waals surface area contributed by atoms with Gasteiger partial charge in [-0.05, 0) is 42.7 Å². The van der Waals surface area contributed by atoms with Gasteiger partial charge in [-0.25, -0.2) is 4.79 Å². The summed E-state index contributed by atoms with van der Waals surface area (Å²) in [6.07, 6.45) is 1.75. The van der Waals surface area contributed by atoms with Crippen molar-refractivity contribution in [3.05, 3.63) is 29.3 Å². The second-order valence-corrected chi connectivity index (χ2v) is 6.41. The minimum Gasteiger partial charge on any atom is -0.391 e. The number of aliphatic hydroxyl groups excluding tert-OH is 1. The number of rotatable bonds is 5. The molecule has 1 unspecified atom stereocenters. The van der Waals surface area contributed by atoms with E-state index in [2.05, 4.69) is 19.2 Å². The summed E-state index contributed by atoms with van der Waals surface area (Å²) in [6.45, 7) is 6.62. The van der Waals surface area contributed by atoms with Crippen LogP contribution in [0.5, 0.6) is 0 Å². The maximum Gasteiger partial charge on any atom is 0.321 e. The number of aliphatic hydroxyl groups is 1. The van der Waals surface area contributed by atoms with Crippen LogP contribution < -0.4 is 5.32 Å². The Bertz CT molecular complexity index is 510. The number of para-hydroxylation sites is 1. The molecular weight excluding hydrogens is 264 g/mol. The van der Waals surface area contributed by atoms with Crippen molar-refractivity contribution in [2.75, 3.05) is 18.9 Å². The number of carbonyl (C=O) groups is 1. The number of likely N-dealkylation sites (N-methyl/N-ethyl adjacent to an activating group) is 1. The van der Waals surface area contributed by atoms with Gasteiger partial charge in [0.25, 0.3) is 0 Å². The number of nitrogens with one attached hydrogen (secondary N) is 1. The zero-order chi connectivity index (χ0) is 15.6. The highest BCUT2D eigenvalue weighted by atomic mass is 16.3. The SMILES string of the molecule is Cc1cccc(C(C)C)c1NC(=O)N(C)CC(O)C1CC1. The van der Waals surface area contributed by atoms with Gasteiger partial charge >= 0.3 is 6.03 Å². The molecule has 0 radical (unpaired) electrons. The molecule has 0 heterocycles. The molecule has 2 N–H and O–H groups in total. The molecule has 0 saturated heterocycles. The van der Waals surface area contributed by atoms with Gasteiger partial charge in [0.2, 0.25) is 0 Å². The fourth-order valence-electron chi connectivity index (χ4n) is 2.54. The molecule has 0 aliphatic heterocycles. The molecule has 1 aliphatic carbocycles. The molecular formula is C17H26N2O2. The smallest absolute Gasteiger partial charge is 0.321 e. The molecule has 4 heteroatoms. The Labute approximate surface area is 127 Å². The third kappa shape index (κ3) is 3.97. The summed E-state index contributed by atoms with van der Waals surface area (Å²) in [5.74, 6) is 0.729. The summed E-state index contributed by atoms with van der Waals surface area (Å²) >= 11 is 0. The van der Waals surface area contributed by atoms with Gasteiger partial charge in [0.1, 0.15) is 0 Å². The standard InChI is InChI=1S/C17H26N2O2/c1-11(2)14-7-5-6-12(3)16(14)18-17(21)19(4)10-15(20)13-8-9-13/h5-7,11,13,15,20H,8-10H2,1-4H3,(H,18,21). The van der Waals surface area contributed by atoms with Crippen LogP contribution in [0, 0.1) is 12.8 Å². The highest BCUT2D eigenvalue weighted by Crippen LogP contribution is 2.33. The molecule has 1 aromatic rings. The topological polar surface area (TPSA) is 52.6 Å². The first-order chi connectivity index (χ1) is 9.90. The van der Waals surface area contributed by atoms with Crippen molar-refractivity contribution in [1.29, 1.82) is 0 Å². The van der Waals surface area contributed by atoms with Crippen molar-refractivity contribution in [1.82, 2.24) is 4.90 Å². The van der Waals surface area contributed by atoms with Gasteiger partial charge in [0.05, 0.1) is 6.10 Å². The first kappa shape index (κ1) is 15.8. The highest BCUT2D eigenvalue weighted by molar-refractivity contribution is 5.91. The lowest BCUT2D eigenvalue weighted by Gasteiger charge is -2.23. The minimum absolute atomic E-state index is 0.161. The molecule has 1 saturated carbocycles. The van der Waals surface area contributed by atoms with Crippen molar-refractivity contribution in [2.24, 2.45) is 5.92 Å². The summed E-state index contributed by atoms with van der Waals surface area (Å²) in [5, 5.41) is 13.0. The second kappa shape index (κ2) is 6.48. The van der Waals surface area contributed by atoms with Crippen LogP contribution in [0.2, 0.25) is 0 Å². The third-order valence-corrected chi connectivity index (χ3v) is 4.13. The molecule has 0 aromatic heterocycles. The van der Waals surface area contributed by atoms with Crippen LogP contribution in [0.15, 0.2) is 18.2 Å². The van der Waals surface area contributed by atoms with Crippen LogP contribution in [0.1, 0.15) is 43.7 Å². The van der Waals surface area contributed by atoms with Crippen molar-refractivity contribution < 1.29 is 9.90 Å². The summed E-state index contributed by atoms with van der Waals surface area (Å²) in [5.41, 5.74) is 3.09. The number of anilines is 1. The van der Waals surface area contributed by atoms with Gasteiger partial charge in [-0.1, -0.05) is 32.0 Å². The number of aryl methyl sites for hydroxylation is 1. The van der Waals surface area contributed by atoms with Crippen molar-refractivity contribution >= 4 is 11.7 Å². The molecule has 2 amide bonds. The van der Waals surface area contributed by atoms with Gasteiger partial charge in [-0.2, -0.15) is 0 Å². The maximum atomic E-state index is 12.3. The van der Waals surface area contributed by atoms with Crippen LogP contribution in [-0.4, -0.2) is 35.7 Å². The third-order valence-electron chi connectivity index (χ3n) is 4.13. The fourth-order valence-corrected chi connectivity index (χ4v) is 2.54. The average Bonchev–Trinajstić information content (AvgIpc) is 3.24. The van der Waals surface area contributed by atoms with E-state index in [-0.39, 0.29) is 6.03 Å². The summed E-state index contributed by atoms with van der Waals surface area (Å²) in [7, 11) is 1.73. The number of hydrogen-bond donors (Lipinski definition) is 2. The number of carbonyl (C=O) groups excluding carboxylic acids is 1. The molecule has 116 valence electrons. The lowest BCUT2D eigenvalue weighted by atomic mass is 9.98. The number of benzene rings is 1. The first-order valence-corrected chi connectivity index (χ1v) is 7.69. The Morgan fingerprint density at radius 3 is 2.67 bits per heavy atom. The van der Waals surface area contributed by atoms with E-state index in [1.807, 2.05) is 25.1 Å². The summed E-state index contributed by atoms with van der Waals surface area (Å²) in [4.78, 5) is 13.9. The van der Waals surface area contributed by atoms with Gasteiger partial charge in [0.15, 0.2) is 0 Å². The van der Waals surface area contributed by atoms with E-state index in [4.69, 9.17) is 0 Å². The first-order valence-electron chi connectivity index (χ1n) is 7.69. The lowest BCUT2D eigenvalue weighted by Crippen LogP contribution is -2.38. The molecule has 1 aromatic carbocycles. The van der Waals surface area contributed by atoms with E-state index in [0.717, 1.165) is 29.7 Å². The van der Waals surface area contributed by atoms with Gasteiger partial charge in [0, 0.05) is 19.3 Å². The molecule has 1 aliphatic rings. The van der Waals surface area contributed by atoms with E-state index in [9.17, 15) is 9.90 Å². The van der Waals surface area contributed by atoms with Crippen LogP contribution in [-0.2, 0) is 0 Å². The fraction of sp³-hybridized carbons (Fsp3) is 0.588. The predicted molar refractivity (Wildman–Crippen MR) is 85.6 cm³/mol. The largest absolute Gasteiger partial charge is 0.391 e. The highest BCUT2D eigenvalue weighted by Gasteiger charge is 2.31. The maximum absolute atomic E-state index is 12.3. The Balaban J connectivity index is 2.04. The van der Waals surface area contributed by atoms with Crippen molar-refractivity contribution in [2.45, 2.75) is 45.6 Å². The molecule has 21 heavy (non-hydrogen) atoms. The molecule has 1 fully saturated rings. The Kier molecular flexibility index (Phi) is 4.88. The number of nitrogens with zero attached hydrogens (tertiary/aromatic N) is 1. The molecule has 0 bridgehead atoms. The van der Waals surface area contributed by atoms with E-state index >= 15 is 0 Å². The van der Waals surface area contributed by atoms with Crippen LogP contribution in [0.25, 0.3) is 0 Å². The van der Waals surface area contributed by atoms with Crippen molar-refractivity contribution in [3.63, 3.8) is 0 Å². The Morgan fingerprint density at radius 2 is 2.10 bits per heavy atom. The zero-order valence-corrected chi connectivity index (χ0v) is 13.4. The Hall–Kier alpha value is -1.55. The van der Waals surface area contributed by atoms with Gasteiger partial charge < -0.3 is 15.3 Å². The van der Waals surface area contributed by atoms with Crippen molar-refractivity contribution in [3.8, 4) is 0 Å². The monoisotopic (exact) mass is 290 g/mol. The van der Waals surface area contributed by atoms with Gasteiger partial charge in [-0.3, -0.25) is 0 Å². The molecule has 4 nitrogen and oxygen atoms in total. The van der Waals surface area contributed by atoms with Crippen LogP contribution >= 0.6 is 0 Å². The van der Waals surface area contributed by atoms with Crippen LogP contribution in [0.4, 0.5) is 10.5 Å². The molecule has 1 atom stereocenters. The molecule has 0 spiro atoms. The summed E-state index contributed by atoms with van der Waals surface area (Å²) < 4.78 is 0. The van der Waals surface area contributed by atoms with E-state index in [1.165, 1.54) is 0 Å². The second-order valence-electron chi connectivity index (χ2n) is 6.41. The zero-order valence-electron chi connectivity index (χ0n) is 13.4. The number of amides is 2.